The molecule has 0 radical (unpaired) electrons. The molecule has 0 aliphatic rings. The average molecular weight is 290 g/mol. The van der Waals surface area contributed by atoms with E-state index < -0.39 is 0 Å². The zero-order valence-corrected chi connectivity index (χ0v) is 13.4. The maximum Gasteiger partial charge on any atom is 0.0522 e. The van der Waals surface area contributed by atoms with Gasteiger partial charge in [0, 0.05) is 25.9 Å². The van der Waals surface area contributed by atoms with E-state index in [1.54, 1.807) is 0 Å². The van der Waals surface area contributed by atoms with Crippen molar-refractivity contribution in [3.8, 4) is 0 Å². The summed E-state index contributed by atoms with van der Waals surface area (Å²) in [6.07, 6.45) is 3.26. The third kappa shape index (κ3) is 8.24. The van der Waals surface area contributed by atoms with E-state index in [0.29, 0.717) is 12.0 Å². The van der Waals surface area contributed by atoms with Gasteiger partial charge in [-0.15, -0.1) is 12.4 Å². The number of halogens is 1. The summed E-state index contributed by atoms with van der Waals surface area (Å²) < 4.78 is 7.58. The van der Waals surface area contributed by atoms with Crippen molar-refractivity contribution >= 4 is 12.4 Å². The van der Waals surface area contributed by atoms with Crippen LogP contribution in [0.15, 0.2) is 12.3 Å². The van der Waals surface area contributed by atoms with Crippen LogP contribution in [0.5, 0.6) is 0 Å². The number of hydrogen-bond donors (Lipinski definition) is 1. The molecule has 0 aromatic carbocycles. The molecule has 0 atom stereocenters. The normalized spacial score (nSPS) is 11.1. The van der Waals surface area contributed by atoms with E-state index in [1.807, 2.05) is 6.20 Å². The topological polar surface area (TPSA) is 39.1 Å². The monoisotopic (exact) mass is 289 g/mol. The molecule has 0 amide bonds. The van der Waals surface area contributed by atoms with Gasteiger partial charge in [0.25, 0.3) is 0 Å². The van der Waals surface area contributed by atoms with Gasteiger partial charge in [0.05, 0.1) is 11.8 Å². The number of hydrogen-bond acceptors (Lipinski definition) is 3. The first-order valence-electron chi connectivity index (χ1n) is 6.92. The first-order valence-corrected chi connectivity index (χ1v) is 6.92. The van der Waals surface area contributed by atoms with Crippen LogP contribution in [0.1, 0.15) is 39.8 Å². The molecule has 1 heterocycles. The highest BCUT2D eigenvalue weighted by Gasteiger charge is 2.03. The molecule has 5 heteroatoms. The Balaban J connectivity index is 0.00000324. The molecule has 19 heavy (non-hydrogen) atoms. The van der Waals surface area contributed by atoms with Crippen LogP contribution in [0.4, 0.5) is 0 Å². The third-order valence-electron chi connectivity index (χ3n) is 2.60. The van der Waals surface area contributed by atoms with Crippen molar-refractivity contribution in [2.24, 2.45) is 5.92 Å². The van der Waals surface area contributed by atoms with Gasteiger partial charge >= 0.3 is 0 Å². The lowest BCUT2D eigenvalue weighted by Gasteiger charge is -2.11. The van der Waals surface area contributed by atoms with E-state index in [4.69, 9.17) is 4.74 Å². The Labute approximate surface area is 123 Å². The largest absolute Gasteiger partial charge is 0.379 e. The highest BCUT2D eigenvalue weighted by atomic mass is 35.5. The zero-order valence-electron chi connectivity index (χ0n) is 12.6. The molecule has 0 saturated carbocycles. The highest BCUT2D eigenvalue weighted by Crippen LogP contribution is 2.03. The predicted molar refractivity (Wildman–Crippen MR) is 81.7 cm³/mol. The Hall–Kier alpha value is -0.580. The minimum Gasteiger partial charge on any atom is -0.379 e. The second kappa shape index (κ2) is 10.2. The molecule has 0 unspecified atom stereocenters. The summed E-state index contributed by atoms with van der Waals surface area (Å²) in [5.41, 5.74) is 1.26. The molecule has 1 rings (SSSR count). The summed E-state index contributed by atoms with van der Waals surface area (Å²) in [6.45, 7) is 12.2. The number of nitrogens with zero attached hydrogens (tertiary/aromatic N) is 2. The van der Waals surface area contributed by atoms with Crippen LogP contribution < -0.4 is 5.32 Å². The quantitative estimate of drug-likeness (QED) is 0.711. The molecule has 1 aromatic rings. The number of nitrogens with one attached hydrogen (secondary N) is 1. The summed E-state index contributed by atoms with van der Waals surface area (Å²) in [6, 6.07) is 2.08. The molecule has 0 fully saturated rings. The highest BCUT2D eigenvalue weighted by molar-refractivity contribution is 5.85. The van der Waals surface area contributed by atoms with Crippen LogP contribution in [-0.2, 0) is 17.8 Å². The number of aromatic nitrogens is 2. The summed E-state index contributed by atoms with van der Waals surface area (Å²) >= 11 is 0. The molecule has 112 valence electrons. The Kier molecular flexibility index (Phi) is 9.92. The van der Waals surface area contributed by atoms with Gasteiger partial charge in [-0.2, -0.15) is 5.10 Å². The molecular weight excluding hydrogens is 262 g/mol. The molecule has 0 spiro atoms. The standard InChI is InChI=1S/C14H27N3O.ClH/c1-12(2)11-17-14(6-8-16-17)10-15-7-5-9-18-13(3)4;/h6,8,12-13,15H,5,7,9-11H2,1-4H3;1H. The van der Waals surface area contributed by atoms with Gasteiger partial charge in [0.1, 0.15) is 0 Å². The van der Waals surface area contributed by atoms with E-state index in [2.05, 4.69) is 48.9 Å². The summed E-state index contributed by atoms with van der Waals surface area (Å²) in [5.74, 6) is 0.628. The third-order valence-corrected chi connectivity index (χ3v) is 2.60. The molecule has 0 bridgehead atoms. The molecule has 1 aromatic heterocycles. The fourth-order valence-electron chi connectivity index (χ4n) is 1.75. The van der Waals surface area contributed by atoms with Crippen LogP contribution in [0.25, 0.3) is 0 Å². The van der Waals surface area contributed by atoms with Crippen molar-refractivity contribution in [2.45, 2.75) is 53.3 Å². The van der Waals surface area contributed by atoms with E-state index in [1.165, 1.54) is 5.69 Å². The predicted octanol–water partition coefficient (Wildman–Crippen LogP) is 2.87. The van der Waals surface area contributed by atoms with E-state index in [0.717, 1.165) is 32.7 Å². The lowest BCUT2D eigenvalue weighted by Crippen LogP contribution is -2.20. The van der Waals surface area contributed by atoms with Gasteiger partial charge in [-0.1, -0.05) is 13.8 Å². The van der Waals surface area contributed by atoms with Crippen molar-refractivity contribution in [1.82, 2.24) is 15.1 Å². The molecule has 0 aliphatic carbocycles. The minimum absolute atomic E-state index is 0. The van der Waals surface area contributed by atoms with Crippen LogP contribution >= 0.6 is 12.4 Å². The van der Waals surface area contributed by atoms with Crippen molar-refractivity contribution in [2.75, 3.05) is 13.2 Å². The van der Waals surface area contributed by atoms with Crippen LogP contribution in [0.3, 0.4) is 0 Å². The summed E-state index contributed by atoms with van der Waals surface area (Å²) in [7, 11) is 0. The van der Waals surface area contributed by atoms with Crippen molar-refractivity contribution in [3.63, 3.8) is 0 Å². The Morgan fingerprint density at radius 1 is 1.32 bits per heavy atom. The van der Waals surface area contributed by atoms with E-state index >= 15 is 0 Å². The lowest BCUT2D eigenvalue weighted by molar-refractivity contribution is 0.0770. The first-order chi connectivity index (χ1) is 8.59. The number of ether oxygens (including phenoxy) is 1. The zero-order chi connectivity index (χ0) is 13.4. The Bertz CT molecular complexity index is 326. The average Bonchev–Trinajstić information content (AvgIpc) is 2.69. The maximum absolute atomic E-state index is 5.50. The van der Waals surface area contributed by atoms with Crippen LogP contribution in [0.2, 0.25) is 0 Å². The Morgan fingerprint density at radius 2 is 2.05 bits per heavy atom. The Morgan fingerprint density at radius 3 is 2.68 bits per heavy atom. The first kappa shape index (κ1) is 18.4. The SMILES string of the molecule is CC(C)Cn1nccc1CNCCCOC(C)C.Cl. The fraction of sp³-hybridized carbons (Fsp3) is 0.786. The van der Waals surface area contributed by atoms with Gasteiger partial charge in [0.15, 0.2) is 0 Å². The maximum atomic E-state index is 5.50. The fourth-order valence-corrected chi connectivity index (χ4v) is 1.75. The second-order valence-electron chi connectivity index (χ2n) is 5.35. The smallest absolute Gasteiger partial charge is 0.0522 e. The van der Waals surface area contributed by atoms with Crippen LogP contribution in [0, 0.1) is 5.92 Å². The molecule has 0 aliphatic heterocycles. The van der Waals surface area contributed by atoms with Gasteiger partial charge in [-0.05, 0) is 38.8 Å². The molecular formula is C14H28ClN3O. The second-order valence-corrected chi connectivity index (χ2v) is 5.35. The van der Waals surface area contributed by atoms with Crippen molar-refractivity contribution in [1.29, 1.82) is 0 Å². The minimum atomic E-state index is 0. The summed E-state index contributed by atoms with van der Waals surface area (Å²) in [4.78, 5) is 0. The van der Waals surface area contributed by atoms with Gasteiger partial charge < -0.3 is 10.1 Å². The van der Waals surface area contributed by atoms with Gasteiger partial charge in [0.2, 0.25) is 0 Å². The van der Waals surface area contributed by atoms with Gasteiger partial charge in [-0.3, -0.25) is 4.68 Å². The molecule has 0 saturated heterocycles. The summed E-state index contributed by atoms with van der Waals surface area (Å²) in [5, 5.41) is 7.78. The molecule has 4 nitrogen and oxygen atoms in total. The van der Waals surface area contributed by atoms with Crippen molar-refractivity contribution < 1.29 is 4.74 Å². The van der Waals surface area contributed by atoms with E-state index in [9.17, 15) is 0 Å². The molecule has 1 N–H and O–H groups in total. The van der Waals surface area contributed by atoms with Crippen LogP contribution in [-0.4, -0.2) is 29.0 Å². The van der Waals surface area contributed by atoms with Crippen molar-refractivity contribution in [3.05, 3.63) is 18.0 Å². The lowest BCUT2D eigenvalue weighted by atomic mass is 10.2. The van der Waals surface area contributed by atoms with E-state index in [-0.39, 0.29) is 12.4 Å². The number of rotatable bonds is 9. The van der Waals surface area contributed by atoms with Gasteiger partial charge in [-0.25, -0.2) is 0 Å².